The van der Waals surface area contributed by atoms with Gasteiger partial charge in [0.15, 0.2) is 0 Å². The highest BCUT2D eigenvalue weighted by Crippen LogP contribution is 2.28. The van der Waals surface area contributed by atoms with Crippen LogP contribution in [-0.2, 0) is 14.4 Å². The topological polar surface area (TPSA) is 86.8 Å². The Morgan fingerprint density at radius 1 is 1.13 bits per heavy atom. The van der Waals surface area contributed by atoms with Gasteiger partial charge in [-0.15, -0.1) is 6.58 Å². The number of benzene rings is 2. The maximum Gasteiger partial charge on any atom is 0.257 e. The maximum atomic E-state index is 13.1. The summed E-state index contributed by atoms with van der Waals surface area (Å²) < 4.78 is 0. The summed E-state index contributed by atoms with van der Waals surface area (Å²) in [7, 11) is 0. The zero-order valence-corrected chi connectivity index (χ0v) is 16.9. The molecule has 1 fully saturated rings. The number of amides is 4. The fraction of sp³-hybridized carbons (Fsp3) is 0.217. The average molecular weight is 405 g/mol. The highest BCUT2D eigenvalue weighted by molar-refractivity contribution is 6.23. The Bertz CT molecular complexity index is 996. The molecule has 0 aliphatic carbocycles. The van der Waals surface area contributed by atoms with Crippen molar-refractivity contribution in [2.75, 3.05) is 16.8 Å². The summed E-state index contributed by atoms with van der Waals surface area (Å²) in [5.41, 5.74) is 2.41. The molecular formula is C23H23N3O4. The smallest absolute Gasteiger partial charge is 0.257 e. The lowest BCUT2D eigenvalue weighted by Gasteiger charge is -2.26. The molecule has 1 aliphatic rings. The van der Waals surface area contributed by atoms with Gasteiger partial charge in [-0.2, -0.15) is 0 Å². The highest BCUT2D eigenvalue weighted by Gasteiger charge is 2.44. The lowest BCUT2D eigenvalue weighted by atomic mass is 10.1. The van der Waals surface area contributed by atoms with Crippen molar-refractivity contribution in [2.24, 2.45) is 0 Å². The summed E-state index contributed by atoms with van der Waals surface area (Å²) in [5, 5.41) is 2.63. The van der Waals surface area contributed by atoms with Crippen LogP contribution in [0.1, 0.15) is 29.3 Å². The Morgan fingerprint density at radius 2 is 1.77 bits per heavy atom. The van der Waals surface area contributed by atoms with Gasteiger partial charge in [0, 0.05) is 24.7 Å². The standard InChI is InChI=1S/C23H23N3O4/c1-4-13-25(22(29)17-7-5-15(2)6-8-17)20-14-21(28)26(23(20)30)19-11-9-18(10-12-19)24-16(3)27/h4-12,20H,1,13-14H2,2-3H3,(H,24,27). The third-order valence-corrected chi connectivity index (χ3v) is 4.83. The Balaban J connectivity index is 1.85. The van der Waals surface area contributed by atoms with Gasteiger partial charge in [-0.25, -0.2) is 4.90 Å². The highest BCUT2D eigenvalue weighted by atomic mass is 16.2. The van der Waals surface area contributed by atoms with Gasteiger partial charge in [0.1, 0.15) is 6.04 Å². The van der Waals surface area contributed by atoms with Crippen molar-refractivity contribution in [3.8, 4) is 0 Å². The molecular weight excluding hydrogens is 382 g/mol. The summed E-state index contributed by atoms with van der Waals surface area (Å²) >= 11 is 0. The van der Waals surface area contributed by atoms with Crippen LogP contribution in [0, 0.1) is 6.92 Å². The van der Waals surface area contributed by atoms with Crippen molar-refractivity contribution in [1.82, 2.24) is 4.90 Å². The second kappa shape index (κ2) is 8.73. The zero-order valence-electron chi connectivity index (χ0n) is 16.9. The minimum absolute atomic E-state index is 0.0995. The quantitative estimate of drug-likeness (QED) is 0.591. The van der Waals surface area contributed by atoms with Gasteiger partial charge in [-0.1, -0.05) is 23.8 Å². The monoisotopic (exact) mass is 405 g/mol. The van der Waals surface area contributed by atoms with Gasteiger partial charge in [0.05, 0.1) is 12.1 Å². The van der Waals surface area contributed by atoms with Crippen molar-refractivity contribution >= 4 is 35.0 Å². The van der Waals surface area contributed by atoms with E-state index in [1.54, 1.807) is 36.4 Å². The van der Waals surface area contributed by atoms with Crippen LogP contribution in [0.5, 0.6) is 0 Å². The molecule has 0 saturated carbocycles. The largest absolute Gasteiger partial charge is 0.326 e. The number of nitrogens with one attached hydrogen (secondary N) is 1. The van der Waals surface area contributed by atoms with Crippen LogP contribution in [0.15, 0.2) is 61.2 Å². The minimum Gasteiger partial charge on any atom is -0.326 e. The van der Waals surface area contributed by atoms with Crippen molar-refractivity contribution < 1.29 is 19.2 Å². The van der Waals surface area contributed by atoms with Crippen LogP contribution in [-0.4, -0.2) is 41.1 Å². The van der Waals surface area contributed by atoms with Crippen LogP contribution in [0.4, 0.5) is 11.4 Å². The second-order valence-corrected chi connectivity index (χ2v) is 7.13. The molecule has 1 heterocycles. The van der Waals surface area contributed by atoms with Crippen molar-refractivity contribution in [1.29, 1.82) is 0 Å². The third kappa shape index (κ3) is 4.30. The summed E-state index contributed by atoms with van der Waals surface area (Å²) in [4.78, 5) is 52.4. The first-order valence-corrected chi connectivity index (χ1v) is 9.55. The molecule has 30 heavy (non-hydrogen) atoms. The number of hydrogen-bond donors (Lipinski definition) is 1. The lowest BCUT2D eigenvalue weighted by Crippen LogP contribution is -2.45. The number of rotatable bonds is 6. The molecule has 1 unspecified atom stereocenters. The number of imide groups is 1. The van der Waals surface area contributed by atoms with E-state index < -0.39 is 11.9 Å². The van der Waals surface area contributed by atoms with Gasteiger partial charge in [0.2, 0.25) is 11.8 Å². The summed E-state index contributed by atoms with van der Waals surface area (Å²) in [6.07, 6.45) is 1.44. The van der Waals surface area contributed by atoms with Crippen molar-refractivity contribution in [2.45, 2.75) is 26.3 Å². The van der Waals surface area contributed by atoms with Crippen LogP contribution in [0.2, 0.25) is 0 Å². The van der Waals surface area contributed by atoms with Crippen LogP contribution in [0.3, 0.4) is 0 Å². The van der Waals surface area contributed by atoms with Gasteiger partial charge < -0.3 is 10.2 Å². The molecule has 2 aromatic carbocycles. The van der Waals surface area contributed by atoms with Gasteiger partial charge >= 0.3 is 0 Å². The SMILES string of the molecule is C=CCN(C(=O)c1ccc(C)cc1)C1CC(=O)N(c2ccc(NC(C)=O)cc2)C1=O. The zero-order chi connectivity index (χ0) is 21.8. The van der Waals surface area contributed by atoms with E-state index in [1.807, 2.05) is 19.1 Å². The van der Waals surface area contributed by atoms with E-state index in [1.165, 1.54) is 17.9 Å². The van der Waals surface area contributed by atoms with Gasteiger partial charge in [0.25, 0.3) is 11.8 Å². The fourth-order valence-electron chi connectivity index (χ4n) is 3.38. The molecule has 4 amide bonds. The molecule has 0 bridgehead atoms. The molecule has 154 valence electrons. The number of hydrogen-bond acceptors (Lipinski definition) is 4. The molecule has 7 nitrogen and oxygen atoms in total. The normalized spacial score (nSPS) is 15.8. The third-order valence-electron chi connectivity index (χ3n) is 4.83. The molecule has 2 aromatic rings. The van der Waals surface area contributed by atoms with Crippen molar-refractivity contribution in [3.63, 3.8) is 0 Å². The number of carbonyl (C=O) groups is 4. The predicted molar refractivity (Wildman–Crippen MR) is 114 cm³/mol. The van der Waals surface area contributed by atoms with Crippen LogP contribution < -0.4 is 10.2 Å². The van der Waals surface area contributed by atoms with E-state index in [-0.39, 0.29) is 30.7 Å². The summed E-state index contributed by atoms with van der Waals surface area (Å²) in [5.74, 6) is -1.40. The maximum absolute atomic E-state index is 13.1. The molecule has 7 heteroatoms. The van der Waals surface area contributed by atoms with E-state index in [0.29, 0.717) is 16.9 Å². The Hall–Kier alpha value is -3.74. The Labute approximate surface area is 175 Å². The predicted octanol–water partition coefficient (Wildman–Crippen LogP) is 2.91. The van der Waals surface area contributed by atoms with Crippen LogP contribution >= 0.6 is 0 Å². The second-order valence-electron chi connectivity index (χ2n) is 7.13. The van der Waals surface area contributed by atoms with E-state index in [0.717, 1.165) is 10.5 Å². The fourth-order valence-corrected chi connectivity index (χ4v) is 3.38. The lowest BCUT2D eigenvalue weighted by molar-refractivity contribution is -0.122. The number of aryl methyl sites for hydroxylation is 1. The molecule has 1 N–H and O–H groups in total. The van der Waals surface area contributed by atoms with E-state index >= 15 is 0 Å². The summed E-state index contributed by atoms with van der Waals surface area (Å²) in [6.45, 7) is 7.14. The molecule has 0 spiro atoms. The molecule has 1 saturated heterocycles. The van der Waals surface area contributed by atoms with E-state index in [2.05, 4.69) is 11.9 Å². The average Bonchev–Trinajstić information content (AvgIpc) is 3.00. The minimum atomic E-state index is -0.903. The van der Waals surface area contributed by atoms with E-state index in [4.69, 9.17) is 0 Å². The first-order valence-electron chi connectivity index (χ1n) is 9.55. The molecule has 1 aliphatic heterocycles. The molecule has 1 atom stereocenters. The van der Waals surface area contributed by atoms with Crippen LogP contribution in [0.25, 0.3) is 0 Å². The Kier molecular flexibility index (Phi) is 6.11. The first kappa shape index (κ1) is 21.0. The number of anilines is 2. The van der Waals surface area contributed by atoms with Crippen molar-refractivity contribution in [3.05, 3.63) is 72.3 Å². The summed E-state index contributed by atoms with van der Waals surface area (Å²) in [6, 6.07) is 12.5. The van der Waals surface area contributed by atoms with Gasteiger partial charge in [-0.3, -0.25) is 19.2 Å². The van der Waals surface area contributed by atoms with E-state index in [9.17, 15) is 19.2 Å². The molecule has 0 radical (unpaired) electrons. The number of carbonyl (C=O) groups excluding carboxylic acids is 4. The molecule has 3 rings (SSSR count). The van der Waals surface area contributed by atoms with Gasteiger partial charge in [-0.05, 0) is 43.3 Å². The Morgan fingerprint density at radius 3 is 2.33 bits per heavy atom. The molecule has 0 aromatic heterocycles. The number of nitrogens with zero attached hydrogens (tertiary/aromatic N) is 2. The first-order chi connectivity index (χ1) is 14.3.